The summed E-state index contributed by atoms with van der Waals surface area (Å²) in [5.41, 5.74) is 6.71. The minimum Gasteiger partial charge on any atom is -0.496 e. The second kappa shape index (κ2) is 12.2. The van der Waals surface area contributed by atoms with E-state index in [0.717, 1.165) is 16.0 Å². The molecule has 4 unspecified atom stereocenters. The average Bonchev–Trinajstić information content (AvgIpc) is 3.55. The van der Waals surface area contributed by atoms with Crippen LogP contribution in [0, 0.1) is 12.8 Å². The molecule has 2 aromatic carbocycles. The van der Waals surface area contributed by atoms with Gasteiger partial charge in [-0.3, -0.25) is 9.59 Å². The number of urea groups is 2. The average molecular weight is 612 g/mol. The number of imide groups is 1. The minimum atomic E-state index is -1.14. The number of allylic oxidation sites excluding steroid dienone is 1. The Morgan fingerprint density at radius 2 is 1.93 bits per heavy atom. The Balaban J connectivity index is 1.36. The maximum Gasteiger partial charge on any atom is 0.328 e. The van der Waals surface area contributed by atoms with Crippen molar-refractivity contribution in [2.45, 2.75) is 56.7 Å². The van der Waals surface area contributed by atoms with E-state index in [9.17, 15) is 19.2 Å². The molecule has 0 bridgehead atoms. The number of aryl methyl sites for hydroxylation is 1. The van der Waals surface area contributed by atoms with Crippen LogP contribution >= 0.6 is 0 Å². The van der Waals surface area contributed by atoms with E-state index in [-0.39, 0.29) is 31.3 Å². The molecule has 1 saturated heterocycles. The zero-order chi connectivity index (χ0) is 31.7. The van der Waals surface area contributed by atoms with E-state index >= 15 is 0 Å². The molecule has 0 spiro atoms. The lowest BCUT2D eigenvalue weighted by Crippen LogP contribution is -2.55. The number of methoxy groups -OCH3 is 1. The van der Waals surface area contributed by atoms with Crippen molar-refractivity contribution in [3.63, 3.8) is 0 Å². The largest absolute Gasteiger partial charge is 0.496 e. The summed E-state index contributed by atoms with van der Waals surface area (Å²) < 4.78 is 12.0. The smallest absolute Gasteiger partial charge is 0.328 e. The van der Waals surface area contributed by atoms with Crippen molar-refractivity contribution < 1.29 is 28.7 Å². The van der Waals surface area contributed by atoms with Gasteiger partial charge in [-0.25, -0.2) is 19.5 Å². The van der Waals surface area contributed by atoms with E-state index in [4.69, 9.17) is 25.2 Å². The summed E-state index contributed by atoms with van der Waals surface area (Å²) in [4.78, 5) is 63.7. The lowest BCUT2D eigenvalue weighted by molar-refractivity contribution is -0.125. The van der Waals surface area contributed by atoms with Gasteiger partial charge in [-0.1, -0.05) is 42.5 Å². The second-order valence-electron chi connectivity index (χ2n) is 11.7. The lowest BCUT2D eigenvalue weighted by Gasteiger charge is -2.29. The Morgan fingerprint density at radius 1 is 1.13 bits per heavy atom. The first kappa shape index (κ1) is 30.0. The van der Waals surface area contributed by atoms with Gasteiger partial charge in [0.05, 0.1) is 24.6 Å². The molecule has 1 aliphatic carbocycles. The number of carbonyl (C=O) groups is 3. The molecule has 12 heteroatoms. The van der Waals surface area contributed by atoms with Gasteiger partial charge in [0, 0.05) is 30.0 Å². The number of rotatable bonds is 5. The number of hydrogen-bond donors (Lipinski definition) is 2. The number of ether oxygens (including phenoxy) is 2. The van der Waals surface area contributed by atoms with Crippen molar-refractivity contribution in [2.24, 2.45) is 11.7 Å². The van der Waals surface area contributed by atoms with Crippen LogP contribution in [-0.4, -0.2) is 81.9 Å². The van der Waals surface area contributed by atoms with Crippen LogP contribution in [0.1, 0.15) is 37.7 Å². The molecular formula is C33H35N6O6. The Bertz CT molecular complexity index is 1680. The van der Waals surface area contributed by atoms with Crippen LogP contribution in [-0.2, 0) is 9.59 Å². The predicted octanol–water partition coefficient (Wildman–Crippen LogP) is 3.66. The summed E-state index contributed by atoms with van der Waals surface area (Å²) in [6, 6.07) is 10.5. The zero-order valence-electron chi connectivity index (χ0n) is 25.2. The highest BCUT2D eigenvalue weighted by Crippen LogP contribution is 2.43. The van der Waals surface area contributed by atoms with E-state index in [0.29, 0.717) is 48.2 Å². The van der Waals surface area contributed by atoms with Gasteiger partial charge in [0.1, 0.15) is 23.4 Å². The zero-order valence-corrected chi connectivity index (χ0v) is 25.2. The number of primary amides is 1. The molecule has 5 amide bonds. The lowest BCUT2D eigenvalue weighted by atomic mass is 10.1. The van der Waals surface area contributed by atoms with Crippen molar-refractivity contribution in [2.75, 3.05) is 20.2 Å². The first-order chi connectivity index (χ1) is 21.7. The van der Waals surface area contributed by atoms with E-state index in [1.54, 1.807) is 7.11 Å². The number of nitrogens with zero attached hydrogens (tertiary/aromatic N) is 4. The standard InChI is InChI=1S/C33H35N6O6/c1-20-26(44-2)14-13-24-27(20)35-28(21-10-6-5-7-11-21)36-30(24)45-23-16-25-29(41)37-33(19-40)17-22(33)12-8-3-4-9-15-38(31(34)42)32(43)39(25)18-23/h5-8,10-14,22-23,25H,3-4,9,15-18H2,1-2H3,(H2,34,42)(H,37,41)/b12-8+. The summed E-state index contributed by atoms with van der Waals surface area (Å²) in [5, 5.41) is 3.47. The molecule has 45 heavy (non-hydrogen) atoms. The third-order valence-corrected chi connectivity index (χ3v) is 8.79. The van der Waals surface area contributed by atoms with Crippen LogP contribution < -0.4 is 20.5 Å². The second-order valence-corrected chi connectivity index (χ2v) is 11.7. The summed E-state index contributed by atoms with van der Waals surface area (Å²) in [6.07, 6.45) is 7.70. The van der Waals surface area contributed by atoms with Gasteiger partial charge in [-0.2, -0.15) is 4.98 Å². The first-order valence-corrected chi connectivity index (χ1v) is 15.1. The third kappa shape index (κ3) is 5.79. The van der Waals surface area contributed by atoms with Gasteiger partial charge >= 0.3 is 12.1 Å². The molecular weight excluding hydrogens is 576 g/mol. The normalized spacial score (nSPS) is 25.9. The number of aromatic nitrogens is 2. The van der Waals surface area contributed by atoms with Gasteiger partial charge in [0.25, 0.3) is 0 Å². The molecule has 233 valence electrons. The number of fused-ring (bicyclic) bond motifs is 3. The van der Waals surface area contributed by atoms with Crippen molar-refractivity contribution in [1.82, 2.24) is 25.1 Å². The van der Waals surface area contributed by atoms with E-state index in [1.165, 1.54) is 4.90 Å². The number of nitrogens with two attached hydrogens (primary N) is 1. The topological polar surface area (TPSA) is 157 Å². The third-order valence-electron chi connectivity index (χ3n) is 8.79. The fraction of sp³-hybridized carbons (Fsp3) is 0.394. The van der Waals surface area contributed by atoms with Gasteiger partial charge < -0.3 is 25.4 Å². The van der Waals surface area contributed by atoms with Crippen LogP contribution in [0.15, 0.2) is 54.6 Å². The highest BCUT2D eigenvalue weighted by atomic mass is 16.5. The Hall–Kier alpha value is -5.00. The predicted molar refractivity (Wildman–Crippen MR) is 165 cm³/mol. The molecule has 1 radical (unpaired) electrons. The summed E-state index contributed by atoms with van der Waals surface area (Å²) in [5.74, 6) is 0.700. The highest BCUT2D eigenvalue weighted by Gasteiger charge is 2.56. The molecule has 3 heterocycles. The Morgan fingerprint density at radius 3 is 2.67 bits per heavy atom. The van der Waals surface area contributed by atoms with Crippen molar-refractivity contribution >= 4 is 35.2 Å². The molecule has 2 aliphatic heterocycles. The van der Waals surface area contributed by atoms with Gasteiger partial charge in [-0.15, -0.1) is 0 Å². The first-order valence-electron chi connectivity index (χ1n) is 15.1. The maximum absolute atomic E-state index is 13.8. The molecule has 3 N–H and O–H groups in total. The molecule has 2 fully saturated rings. The molecule has 1 aromatic heterocycles. The fourth-order valence-corrected chi connectivity index (χ4v) is 6.17. The van der Waals surface area contributed by atoms with Crippen LogP contribution in [0.4, 0.5) is 9.59 Å². The van der Waals surface area contributed by atoms with Gasteiger partial charge in [-0.05, 0) is 44.7 Å². The molecule has 12 nitrogen and oxygen atoms in total. The Kier molecular flexibility index (Phi) is 8.13. The quantitative estimate of drug-likeness (QED) is 0.414. The van der Waals surface area contributed by atoms with Crippen LogP contribution in [0.3, 0.4) is 0 Å². The van der Waals surface area contributed by atoms with E-state index in [2.05, 4.69) is 5.32 Å². The van der Waals surface area contributed by atoms with Crippen molar-refractivity contribution in [3.05, 3.63) is 60.2 Å². The summed E-state index contributed by atoms with van der Waals surface area (Å²) in [6.45, 7) is 2.01. The van der Waals surface area contributed by atoms with Crippen LogP contribution in [0.2, 0.25) is 0 Å². The van der Waals surface area contributed by atoms with Crippen LogP contribution in [0.5, 0.6) is 11.6 Å². The Labute approximate surface area is 260 Å². The molecule has 3 aromatic rings. The molecule has 6 rings (SSSR count). The fourth-order valence-electron chi connectivity index (χ4n) is 6.17. The molecule has 4 atom stereocenters. The number of amides is 5. The number of hydrogen-bond acceptors (Lipinski definition) is 8. The SMILES string of the molecule is COc1ccc2c(OC3CC4C(=O)NC5([C]=O)CC5/C=C/CCCCN(C(N)=O)C(=O)N4C3)nc(-c3ccccc3)nc2c1C. The number of carbonyl (C=O) groups excluding carboxylic acids is 4. The maximum atomic E-state index is 13.8. The van der Waals surface area contributed by atoms with Crippen molar-refractivity contribution in [1.29, 1.82) is 0 Å². The van der Waals surface area contributed by atoms with Crippen LogP contribution in [0.25, 0.3) is 22.3 Å². The van der Waals surface area contributed by atoms with Gasteiger partial charge in [0.15, 0.2) is 5.82 Å². The summed E-state index contributed by atoms with van der Waals surface area (Å²) in [7, 11) is 1.59. The summed E-state index contributed by atoms with van der Waals surface area (Å²) >= 11 is 0. The van der Waals surface area contributed by atoms with E-state index in [1.807, 2.05) is 67.8 Å². The number of nitrogens with one attached hydrogen (secondary N) is 1. The molecule has 1 saturated carbocycles. The monoisotopic (exact) mass is 611 g/mol. The van der Waals surface area contributed by atoms with Crippen molar-refractivity contribution in [3.8, 4) is 23.0 Å². The minimum absolute atomic E-state index is 0.0108. The van der Waals surface area contributed by atoms with Gasteiger partial charge in [0.2, 0.25) is 18.1 Å². The number of benzene rings is 2. The highest BCUT2D eigenvalue weighted by molar-refractivity contribution is 5.97. The van der Waals surface area contributed by atoms with E-state index < -0.39 is 35.7 Å². The molecule has 3 aliphatic rings.